The Morgan fingerprint density at radius 2 is 1.79 bits per heavy atom. The van der Waals surface area contributed by atoms with Gasteiger partial charge in [-0.2, -0.15) is 0 Å². The summed E-state index contributed by atoms with van der Waals surface area (Å²) in [7, 11) is 0. The van der Waals surface area contributed by atoms with Gasteiger partial charge in [0.2, 0.25) is 0 Å². The largest absolute Gasteiger partial charge is 0.490 e. The zero-order chi connectivity index (χ0) is 24.7. The number of aliphatic hydroxyl groups excluding tert-OH is 1. The Labute approximate surface area is 198 Å². The molecule has 5 N–H and O–H groups in total. The molecule has 0 radical (unpaired) electrons. The van der Waals surface area contributed by atoms with Crippen LogP contribution in [0.25, 0.3) is 0 Å². The fourth-order valence-electron chi connectivity index (χ4n) is 3.81. The molecule has 9 heteroatoms. The highest BCUT2D eigenvalue weighted by atomic mass is 16.5. The van der Waals surface area contributed by atoms with Crippen molar-refractivity contribution >= 4 is 17.6 Å². The lowest BCUT2D eigenvalue weighted by Gasteiger charge is -2.43. The van der Waals surface area contributed by atoms with Crippen LogP contribution in [0.5, 0.6) is 11.5 Å². The van der Waals surface area contributed by atoms with E-state index in [1.54, 1.807) is 0 Å². The summed E-state index contributed by atoms with van der Waals surface area (Å²) in [5, 5.41) is 33.4. The first-order valence-corrected chi connectivity index (χ1v) is 11.0. The number of fused-ring (bicyclic) bond motifs is 2. The molecule has 0 aromatic heterocycles. The molecule has 34 heavy (non-hydrogen) atoms. The van der Waals surface area contributed by atoms with Gasteiger partial charge in [-0.25, -0.2) is 9.59 Å². The van der Waals surface area contributed by atoms with Crippen LogP contribution < -0.4 is 20.1 Å². The number of carboxylic acids is 2. The van der Waals surface area contributed by atoms with Crippen molar-refractivity contribution in [1.29, 1.82) is 0 Å². The monoisotopic (exact) mass is 470 g/mol. The highest BCUT2D eigenvalue weighted by molar-refractivity contribution is 5.89. The molecule has 182 valence electrons. The number of ether oxygens (including phenoxy) is 2. The van der Waals surface area contributed by atoms with E-state index in [1.807, 2.05) is 44.2 Å². The molecule has 9 nitrogen and oxygen atoms in total. The lowest BCUT2D eigenvalue weighted by atomic mass is 9.86. The normalized spacial score (nSPS) is 19.9. The first-order chi connectivity index (χ1) is 16.2. The summed E-state index contributed by atoms with van der Waals surface area (Å²) in [5.74, 6) is -0.894. The van der Waals surface area contributed by atoms with Crippen molar-refractivity contribution in [3.63, 3.8) is 0 Å². The Bertz CT molecular complexity index is 1020. The average molecular weight is 471 g/mol. The summed E-state index contributed by atoms with van der Waals surface area (Å²) in [6.07, 6.45) is 1.37. The third-order valence-corrected chi connectivity index (χ3v) is 5.51. The Kier molecular flexibility index (Phi) is 8.14. The van der Waals surface area contributed by atoms with Crippen LogP contribution >= 0.6 is 0 Å². The summed E-state index contributed by atoms with van der Waals surface area (Å²) in [5.41, 5.74) is 2.51. The third kappa shape index (κ3) is 6.49. The number of hydrogen-bond donors (Lipinski definition) is 5. The summed E-state index contributed by atoms with van der Waals surface area (Å²) >= 11 is 0. The minimum absolute atomic E-state index is 0.201. The average Bonchev–Trinajstić information content (AvgIpc) is 2.80. The molecule has 0 saturated heterocycles. The summed E-state index contributed by atoms with van der Waals surface area (Å²) < 4.78 is 11.9. The maximum absolute atomic E-state index is 10.9. The molecule has 0 saturated carbocycles. The van der Waals surface area contributed by atoms with Crippen LogP contribution in [0.4, 0.5) is 5.69 Å². The van der Waals surface area contributed by atoms with Crippen molar-refractivity contribution in [1.82, 2.24) is 5.32 Å². The predicted molar refractivity (Wildman–Crippen MR) is 126 cm³/mol. The van der Waals surface area contributed by atoms with Gasteiger partial charge < -0.3 is 35.4 Å². The van der Waals surface area contributed by atoms with Gasteiger partial charge in [-0.1, -0.05) is 30.3 Å². The van der Waals surface area contributed by atoms with Crippen LogP contribution in [-0.4, -0.2) is 58.7 Å². The summed E-state index contributed by atoms with van der Waals surface area (Å²) in [6.45, 7) is 6.06. The SMILES string of the molecule is CC1(C)Oc2cc3c(cc2[C@H](NCCc2ccccc2)[C@H]1O)OCCN3.O=C(O)/C=C\C(=O)O. The topological polar surface area (TPSA) is 137 Å². The van der Waals surface area contributed by atoms with Gasteiger partial charge in [0.1, 0.15) is 29.8 Å². The van der Waals surface area contributed by atoms with Crippen LogP contribution in [0.1, 0.15) is 31.0 Å². The predicted octanol–water partition coefficient (Wildman–Crippen LogP) is 2.61. The van der Waals surface area contributed by atoms with E-state index < -0.39 is 23.6 Å². The molecular weight excluding hydrogens is 440 g/mol. The Morgan fingerprint density at radius 1 is 1.12 bits per heavy atom. The van der Waals surface area contributed by atoms with Gasteiger partial charge in [-0.3, -0.25) is 0 Å². The van der Waals surface area contributed by atoms with E-state index in [1.165, 1.54) is 5.56 Å². The van der Waals surface area contributed by atoms with E-state index in [-0.39, 0.29) is 6.04 Å². The molecule has 2 aromatic rings. The number of aliphatic carboxylic acids is 2. The number of aliphatic hydroxyl groups is 1. The van der Waals surface area contributed by atoms with Crippen molar-refractivity contribution in [3.05, 3.63) is 65.7 Å². The van der Waals surface area contributed by atoms with Gasteiger partial charge >= 0.3 is 11.9 Å². The summed E-state index contributed by atoms with van der Waals surface area (Å²) in [4.78, 5) is 19.1. The van der Waals surface area contributed by atoms with Crippen LogP contribution in [0, 0.1) is 0 Å². The second kappa shape index (κ2) is 11.0. The molecule has 0 spiro atoms. The van der Waals surface area contributed by atoms with E-state index in [2.05, 4.69) is 22.8 Å². The molecule has 0 fully saturated rings. The van der Waals surface area contributed by atoms with Gasteiger partial charge in [-0.05, 0) is 38.4 Å². The maximum Gasteiger partial charge on any atom is 0.328 e. The molecule has 2 atom stereocenters. The second-order valence-corrected chi connectivity index (χ2v) is 8.49. The molecule has 2 aliphatic heterocycles. The van der Waals surface area contributed by atoms with Crippen LogP contribution in [-0.2, 0) is 16.0 Å². The Balaban J connectivity index is 0.000000350. The number of carbonyl (C=O) groups is 2. The number of benzene rings is 2. The van der Waals surface area contributed by atoms with E-state index >= 15 is 0 Å². The van der Waals surface area contributed by atoms with Gasteiger partial charge in [0.05, 0.1) is 11.7 Å². The number of hydrogen-bond acceptors (Lipinski definition) is 7. The number of anilines is 1. The van der Waals surface area contributed by atoms with Crippen LogP contribution in [0.15, 0.2) is 54.6 Å². The van der Waals surface area contributed by atoms with E-state index in [0.29, 0.717) is 18.8 Å². The molecule has 2 aliphatic rings. The van der Waals surface area contributed by atoms with Crippen molar-refractivity contribution in [3.8, 4) is 11.5 Å². The highest BCUT2D eigenvalue weighted by Crippen LogP contribution is 2.45. The van der Waals surface area contributed by atoms with Crippen molar-refractivity contribution in [2.45, 2.75) is 38.0 Å². The molecule has 0 amide bonds. The lowest BCUT2D eigenvalue weighted by Crippen LogP contribution is -2.52. The molecule has 2 aromatic carbocycles. The Hall–Kier alpha value is -3.56. The fourth-order valence-corrected chi connectivity index (χ4v) is 3.81. The molecule has 2 heterocycles. The second-order valence-electron chi connectivity index (χ2n) is 8.49. The number of nitrogens with one attached hydrogen (secondary N) is 2. The zero-order valence-electron chi connectivity index (χ0n) is 19.2. The first kappa shape index (κ1) is 25.1. The smallest absolute Gasteiger partial charge is 0.328 e. The van der Waals surface area contributed by atoms with E-state index in [0.717, 1.165) is 42.3 Å². The van der Waals surface area contributed by atoms with E-state index in [4.69, 9.17) is 19.7 Å². The Morgan fingerprint density at radius 3 is 2.44 bits per heavy atom. The highest BCUT2D eigenvalue weighted by Gasteiger charge is 2.43. The molecule has 0 unspecified atom stereocenters. The number of carboxylic acid groups (broad SMARTS) is 2. The number of rotatable bonds is 6. The van der Waals surface area contributed by atoms with Gasteiger partial charge in [0, 0.05) is 30.3 Å². The molecule has 0 bridgehead atoms. The standard InChI is InChI=1S/C21H26N2O3.C4H4O4/c1-21(2)20(24)19(23-9-8-14-6-4-3-5-7-14)15-12-18-16(13-17(15)26-21)22-10-11-25-18;5-3(6)1-2-4(7)8/h3-7,12-13,19-20,22-24H,8-11H2,1-2H3;1-2H,(H,5,6)(H,7,8)/b;2-1-/t19-,20+;/m0./s1. The molecule has 4 rings (SSSR count). The van der Waals surface area contributed by atoms with Gasteiger partial charge in [0.15, 0.2) is 0 Å². The minimum atomic E-state index is -1.26. The van der Waals surface area contributed by atoms with Crippen molar-refractivity contribution in [2.75, 3.05) is 25.0 Å². The minimum Gasteiger partial charge on any atom is -0.490 e. The first-order valence-electron chi connectivity index (χ1n) is 11.0. The quantitative estimate of drug-likeness (QED) is 0.403. The lowest BCUT2D eigenvalue weighted by molar-refractivity contribution is -0.134. The van der Waals surface area contributed by atoms with Crippen LogP contribution in [0.3, 0.4) is 0 Å². The third-order valence-electron chi connectivity index (χ3n) is 5.51. The maximum atomic E-state index is 10.9. The van der Waals surface area contributed by atoms with Crippen molar-refractivity contribution in [2.24, 2.45) is 0 Å². The zero-order valence-corrected chi connectivity index (χ0v) is 19.2. The van der Waals surface area contributed by atoms with Crippen LogP contribution in [0.2, 0.25) is 0 Å². The fraction of sp³-hybridized carbons (Fsp3) is 0.360. The van der Waals surface area contributed by atoms with Gasteiger partial charge in [-0.15, -0.1) is 0 Å². The van der Waals surface area contributed by atoms with Crippen molar-refractivity contribution < 1.29 is 34.4 Å². The molecular formula is C25H30N2O7. The van der Waals surface area contributed by atoms with Gasteiger partial charge in [0.25, 0.3) is 0 Å². The molecule has 0 aliphatic carbocycles. The van der Waals surface area contributed by atoms with E-state index in [9.17, 15) is 14.7 Å². The summed E-state index contributed by atoms with van der Waals surface area (Å²) in [6, 6.07) is 14.1.